The summed E-state index contributed by atoms with van der Waals surface area (Å²) in [4.78, 5) is 26.5. The second-order valence-electron chi connectivity index (χ2n) is 6.69. The molecule has 2 aromatic rings. The highest BCUT2D eigenvalue weighted by Gasteiger charge is 2.32. The van der Waals surface area contributed by atoms with Crippen molar-refractivity contribution in [2.24, 2.45) is 0 Å². The molecule has 5 nitrogen and oxygen atoms in total. The number of carbonyl (C=O) groups excluding carboxylic acids is 2. The van der Waals surface area contributed by atoms with E-state index in [0.717, 1.165) is 29.8 Å². The summed E-state index contributed by atoms with van der Waals surface area (Å²) in [5, 5.41) is 6.16. The molecule has 0 aromatic heterocycles. The normalized spacial score (nSPS) is 19.6. The second-order valence-corrected chi connectivity index (χ2v) is 6.69. The van der Waals surface area contributed by atoms with Crippen molar-refractivity contribution < 1.29 is 9.59 Å². The van der Waals surface area contributed by atoms with Crippen molar-refractivity contribution in [3.8, 4) is 0 Å². The molecular weight excluding hydrogens is 314 g/mol. The fourth-order valence-corrected chi connectivity index (χ4v) is 3.50. The van der Waals surface area contributed by atoms with Gasteiger partial charge in [0.2, 0.25) is 5.91 Å². The average Bonchev–Trinajstić information content (AvgIpc) is 2.97. The van der Waals surface area contributed by atoms with Crippen molar-refractivity contribution in [1.29, 1.82) is 0 Å². The third-order valence-electron chi connectivity index (χ3n) is 4.93. The van der Waals surface area contributed by atoms with Crippen LogP contribution in [0.3, 0.4) is 0 Å². The standard InChI is InChI=1S/C20H21N3O2/c1-13-2-6-16(7-3-13)23-11-9-18(20(23)25)22-15-5-4-14-8-10-21-19(24)17(14)12-15/h2-7,12,18,22H,8-11H2,1H3,(H,21,24). The minimum absolute atomic E-state index is 0.0380. The number of rotatable bonds is 3. The van der Waals surface area contributed by atoms with Crippen molar-refractivity contribution in [2.75, 3.05) is 23.3 Å². The second kappa shape index (κ2) is 6.24. The van der Waals surface area contributed by atoms with Crippen LogP contribution < -0.4 is 15.5 Å². The van der Waals surface area contributed by atoms with E-state index in [-0.39, 0.29) is 17.9 Å². The lowest BCUT2D eigenvalue weighted by Crippen LogP contribution is -2.34. The molecule has 2 amide bonds. The fourth-order valence-electron chi connectivity index (χ4n) is 3.50. The zero-order chi connectivity index (χ0) is 17.4. The number of carbonyl (C=O) groups is 2. The van der Waals surface area contributed by atoms with E-state index < -0.39 is 0 Å². The van der Waals surface area contributed by atoms with Crippen LogP contribution in [0, 0.1) is 6.92 Å². The Morgan fingerprint density at radius 1 is 1.12 bits per heavy atom. The first kappa shape index (κ1) is 15.7. The lowest BCUT2D eigenvalue weighted by Gasteiger charge is -2.20. The molecule has 128 valence electrons. The molecule has 2 aromatic carbocycles. The monoisotopic (exact) mass is 335 g/mol. The summed E-state index contributed by atoms with van der Waals surface area (Å²) < 4.78 is 0. The SMILES string of the molecule is Cc1ccc(N2CCC(Nc3ccc4c(c3)C(=O)NCC4)C2=O)cc1. The first-order valence-electron chi connectivity index (χ1n) is 8.67. The Morgan fingerprint density at radius 2 is 1.92 bits per heavy atom. The summed E-state index contributed by atoms with van der Waals surface area (Å²) in [6.07, 6.45) is 1.60. The molecule has 4 rings (SSSR count). The van der Waals surface area contributed by atoms with Gasteiger partial charge in [0.05, 0.1) is 0 Å². The van der Waals surface area contributed by atoms with Crippen LogP contribution in [-0.2, 0) is 11.2 Å². The molecule has 2 aliphatic rings. The number of anilines is 2. The topological polar surface area (TPSA) is 61.4 Å². The molecule has 0 radical (unpaired) electrons. The van der Waals surface area contributed by atoms with Gasteiger partial charge in [-0.05, 0) is 49.6 Å². The Labute approximate surface area is 147 Å². The molecule has 5 heteroatoms. The van der Waals surface area contributed by atoms with Crippen LogP contribution in [0.2, 0.25) is 0 Å². The van der Waals surface area contributed by atoms with Crippen molar-refractivity contribution in [2.45, 2.75) is 25.8 Å². The molecule has 2 heterocycles. The third-order valence-corrected chi connectivity index (χ3v) is 4.93. The third kappa shape index (κ3) is 2.97. The van der Waals surface area contributed by atoms with Gasteiger partial charge in [-0.1, -0.05) is 23.8 Å². The molecular formula is C20H21N3O2. The van der Waals surface area contributed by atoms with E-state index >= 15 is 0 Å². The molecule has 0 saturated carbocycles. The highest BCUT2D eigenvalue weighted by molar-refractivity contribution is 6.01. The van der Waals surface area contributed by atoms with E-state index in [1.165, 1.54) is 5.56 Å². The van der Waals surface area contributed by atoms with Gasteiger partial charge < -0.3 is 15.5 Å². The zero-order valence-corrected chi connectivity index (χ0v) is 14.2. The van der Waals surface area contributed by atoms with Gasteiger partial charge in [-0.2, -0.15) is 0 Å². The number of nitrogens with one attached hydrogen (secondary N) is 2. The van der Waals surface area contributed by atoms with Crippen molar-refractivity contribution in [3.63, 3.8) is 0 Å². The quantitative estimate of drug-likeness (QED) is 0.906. The predicted octanol–water partition coefficient (Wildman–Crippen LogP) is 2.50. The van der Waals surface area contributed by atoms with Gasteiger partial charge in [0, 0.05) is 30.0 Å². The maximum Gasteiger partial charge on any atom is 0.251 e. The van der Waals surface area contributed by atoms with Gasteiger partial charge in [0.25, 0.3) is 5.91 Å². The maximum absolute atomic E-state index is 12.7. The molecule has 2 aliphatic heterocycles. The van der Waals surface area contributed by atoms with Crippen LogP contribution in [0.1, 0.15) is 27.9 Å². The van der Waals surface area contributed by atoms with E-state index in [9.17, 15) is 9.59 Å². The van der Waals surface area contributed by atoms with Gasteiger partial charge in [-0.15, -0.1) is 0 Å². The van der Waals surface area contributed by atoms with Gasteiger partial charge >= 0.3 is 0 Å². The van der Waals surface area contributed by atoms with Crippen LogP contribution in [0.4, 0.5) is 11.4 Å². The van der Waals surface area contributed by atoms with Crippen molar-refractivity contribution in [3.05, 3.63) is 59.2 Å². The Bertz CT molecular complexity index is 829. The molecule has 1 saturated heterocycles. The van der Waals surface area contributed by atoms with E-state index in [1.807, 2.05) is 54.3 Å². The Morgan fingerprint density at radius 3 is 2.72 bits per heavy atom. The number of hydrogen-bond acceptors (Lipinski definition) is 3. The number of hydrogen-bond donors (Lipinski definition) is 2. The predicted molar refractivity (Wildman–Crippen MR) is 98.0 cm³/mol. The van der Waals surface area contributed by atoms with E-state index in [4.69, 9.17) is 0 Å². The molecule has 0 aliphatic carbocycles. The van der Waals surface area contributed by atoms with Gasteiger partial charge in [-0.25, -0.2) is 0 Å². The van der Waals surface area contributed by atoms with E-state index in [1.54, 1.807) is 0 Å². The fraction of sp³-hybridized carbons (Fsp3) is 0.300. The molecule has 0 bridgehead atoms. The van der Waals surface area contributed by atoms with Gasteiger partial charge in [0.15, 0.2) is 0 Å². The van der Waals surface area contributed by atoms with Crippen molar-refractivity contribution >= 4 is 23.2 Å². The molecule has 2 N–H and O–H groups in total. The lowest BCUT2D eigenvalue weighted by molar-refractivity contribution is -0.117. The number of fused-ring (bicyclic) bond motifs is 1. The summed E-state index contributed by atoms with van der Waals surface area (Å²) in [7, 11) is 0. The highest BCUT2D eigenvalue weighted by atomic mass is 16.2. The summed E-state index contributed by atoms with van der Waals surface area (Å²) in [6.45, 7) is 3.42. The van der Waals surface area contributed by atoms with Gasteiger partial charge in [-0.3, -0.25) is 9.59 Å². The van der Waals surface area contributed by atoms with Crippen LogP contribution in [0.15, 0.2) is 42.5 Å². The zero-order valence-electron chi connectivity index (χ0n) is 14.2. The number of amides is 2. The highest BCUT2D eigenvalue weighted by Crippen LogP contribution is 2.25. The molecule has 1 fully saturated rings. The van der Waals surface area contributed by atoms with Crippen LogP contribution in [-0.4, -0.2) is 30.9 Å². The molecule has 1 atom stereocenters. The lowest BCUT2D eigenvalue weighted by atomic mass is 9.99. The minimum Gasteiger partial charge on any atom is -0.374 e. The Balaban J connectivity index is 1.50. The van der Waals surface area contributed by atoms with Gasteiger partial charge in [0.1, 0.15) is 6.04 Å². The molecule has 0 spiro atoms. The first-order chi connectivity index (χ1) is 12.1. The Kier molecular flexibility index (Phi) is 3.92. The average molecular weight is 335 g/mol. The summed E-state index contributed by atoms with van der Waals surface area (Å²) >= 11 is 0. The van der Waals surface area contributed by atoms with E-state index in [2.05, 4.69) is 10.6 Å². The molecule has 25 heavy (non-hydrogen) atoms. The van der Waals surface area contributed by atoms with Crippen LogP contribution >= 0.6 is 0 Å². The maximum atomic E-state index is 12.7. The summed E-state index contributed by atoms with van der Waals surface area (Å²) in [5.74, 6) is 0.0370. The summed E-state index contributed by atoms with van der Waals surface area (Å²) in [6, 6.07) is 13.5. The van der Waals surface area contributed by atoms with Crippen LogP contribution in [0.5, 0.6) is 0 Å². The van der Waals surface area contributed by atoms with Crippen molar-refractivity contribution in [1.82, 2.24) is 5.32 Å². The number of nitrogens with zero attached hydrogens (tertiary/aromatic N) is 1. The molecule has 1 unspecified atom stereocenters. The first-order valence-corrected chi connectivity index (χ1v) is 8.67. The number of aryl methyl sites for hydroxylation is 1. The smallest absolute Gasteiger partial charge is 0.251 e. The Hall–Kier alpha value is -2.82. The number of benzene rings is 2. The largest absolute Gasteiger partial charge is 0.374 e. The minimum atomic E-state index is -0.258. The summed E-state index contributed by atoms with van der Waals surface area (Å²) in [5.41, 5.74) is 4.70. The van der Waals surface area contributed by atoms with Crippen LogP contribution in [0.25, 0.3) is 0 Å². The van der Waals surface area contributed by atoms with E-state index in [0.29, 0.717) is 18.7 Å².